The van der Waals surface area contributed by atoms with Gasteiger partial charge in [0.25, 0.3) is 0 Å². The second-order valence-electron chi connectivity index (χ2n) is 3.48. The van der Waals surface area contributed by atoms with Gasteiger partial charge in [-0.15, -0.1) is 0 Å². The minimum atomic E-state index is -0.0359. The van der Waals surface area contributed by atoms with Crippen LogP contribution in [0.2, 0.25) is 0 Å². The maximum absolute atomic E-state index is 11.2. The van der Waals surface area contributed by atoms with Gasteiger partial charge in [0.05, 0.1) is 6.61 Å². The highest BCUT2D eigenvalue weighted by molar-refractivity contribution is 5.37. The molecule has 0 amide bonds. The maximum Gasteiger partial charge on any atom is 0.220 e. The lowest BCUT2D eigenvalue weighted by molar-refractivity contribution is 0.260. The van der Waals surface area contributed by atoms with Crippen LogP contribution in [-0.2, 0) is 5.11 Å². The van der Waals surface area contributed by atoms with Crippen LogP contribution in [0.5, 0.6) is 11.5 Å². The number of rotatable bonds is 4. The van der Waals surface area contributed by atoms with Crippen molar-refractivity contribution in [2.24, 2.45) is 5.92 Å². The van der Waals surface area contributed by atoms with E-state index >= 15 is 0 Å². The molecule has 0 aromatic heterocycles. The Morgan fingerprint density at radius 3 is 2.62 bits per heavy atom. The van der Waals surface area contributed by atoms with Gasteiger partial charge >= 0.3 is 0 Å². The summed E-state index contributed by atoms with van der Waals surface area (Å²) in [5.74, 6) is 1.04. The van der Waals surface area contributed by atoms with Gasteiger partial charge in [0, 0.05) is 0 Å². The van der Waals surface area contributed by atoms with Crippen LogP contribution in [0.25, 0.3) is 0 Å². The molecule has 1 radical (unpaired) electrons. The van der Waals surface area contributed by atoms with Crippen LogP contribution in [-0.4, -0.2) is 6.61 Å². The van der Waals surface area contributed by atoms with E-state index in [1.54, 1.807) is 12.1 Å². The average molecular weight is 179 g/mol. The smallest absolute Gasteiger partial charge is 0.220 e. The highest BCUT2D eigenvalue weighted by atomic mass is 16.5. The van der Waals surface area contributed by atoms with Gasteiger partial charge in [-0.25, -0.2) is 0 Å². The molecule has 0 aliphatic rings. The van der Waals surface area contributed by atoms with E-state index in [4.69, 9.17) is 4.74 Å². The Kier molecular flexibility index (Phi) is 3.62. The lowest BCUT2D eigenvalue weighted by Gasteiger charge is -2.07. The summed E-state index contributed by atoms with van der Waals surface area (Å²) in [4.78, 5) is 0. The Hall–Kier alpha value is -1.18. The molecule has 0 atom stereocenters. The van der Waals surface area contributed by atoms with E-state index in [1.165, 1.54) is 6.07 Å². The second-order valence-corrected chi connectivity index (χ2v) is 3.48. The predicted molar refractivity (Wildman–Crippen MR) is 51.5 cm³/mol. The molecule has 0 spiro atoms. The first kappa shape index (κ1) is 9.90. The molecular formula is C11H15O2. The molecule has 0 heterocycles. The fraction of sp³-hybridized carbons (Fsp3) is 0.455. The molecule has 71 valence electrons. The van der Waals surface area contributed by atoms with Crippen LogP contribution in [0.1, 0.15) is 20.3 Å². The summed E-state index contributed by atoms with van der Waals surface area (Å²) in [6.45, 7) is 4.88. The molecule has 0 unspecified atom stereocenters. The number of benzene rings is 1. The van der Waals surface area contributed by atoms with E-state index in [2.05, 4.69) is 13.8 Å². The van der Waals surface area contributed by atoms with Crippen molar-refractivity contribution in [3.63, 3.8) is 0 Å². The number of ether oxygens (including phenoxy) is 1. The summed E-state index contributed by atoms with van der Waals surface area (Å²) < 4.78 is 5.34. The Morgan fingerprint density at radius 1 is 1.31 bits per heavy atom. The molecule has 1 aromatic rings. The first-order valence-corrected chi connectivity index (χ1v) is 4.59. The van der Waals surface area contributed by atoms with Gasteiger partial charge in [-0.3, -0.25) is 5.11 Å². The van der Waals surface area contributed by atoms with Crippen molar-refractivity contribution in [2.45, 2.75) is 20.3 Å². The molecule has 0 N–H and O–H groups in total. The van der Waals surface area contributed by atoms with Crippen LogP contribution in [0.4, 0.5) is 0 Å². The third kappa shape index (κ3) is 3.36. The molecule has 2 nitrogen and oxygen atoms in total. The summed E-state index contributed by atoms with van der Waals surface area (Å²) in [5, 5.41) is 11.2. The van der Waals surface area contributed by atoms with Crippen LogP contribution in [0.3, 0.4) is 0 Å². The van der Waals surface area contributed by atoms with Gasteiger partial charge in [0.15, 0.2) is 5.75 Å². The van der Waals surface area contributed by atoms with Gasteiger partial charge in [0.1, 0.15) is 0 Å². The van der Waals surface area contributed by atoms with Crippen LogP contribution < -0.4 is 4.74 Å². The quantitative estimate of drug-likeness (QED) is 0.697. The van der Waals surface area contributed by atoms with Crippen molar-refractivity contribution in [3.05, 3.63) is 24.3 Å². The third-order valence-electron chi connectivity index (χ3n) is 1.80. The number of para-hydroxylation sites is 2. The zero-order valence-electron chi connectivity index (χ0n) is 8.12. The molecule has 0 saturated heterocycles. The SMILES string of the molecule is CC(C)CCOc1ccccc1[O]. The zero-order valence-corrected chi connectivity index (χ0v) is 8.12. The lowest BCUT2D eigenvalue weighted by atomic mass is 10.1. The van der Waals surface area contributed by atoms with Crippen LogP contribution in [0, 0.1) is 5.92 Å². The molecule has 0 aliphatic carbocycles. The highest BCUT2D eigenvalue weighted by Gasteiger charge is 2.02. The van der Waals surface area contributed by atoms with Gasteiger partial charge in [-0.1, -0.05) is 26.0 Å². The molecule has 1 rings (SSSR count). The molecule has 2 heteroatoms. The Balaban J connectivity index is 2.41. The third-order valence-corrected chi connectivity index (χ3v) is 1.80. The molecule has 0 saturated carbocycles. The summed E-state index contributed by atoms with van der Waals surface area (Å²) >= 11 is 0. The molecule has 0 fully saturated rings. The highest BCUT2D eigenvalue weighted by Crippen LogP contribution is 2.25. The topological polar surface area (TPSA) is 29.1 Å². The Labute approximate surface area is 79.2 Å². The van der Waals surface area contributed by atoms with Crippen LogP contribution >= 0.6 is 0 Å². The first-order chi connectivity index (χ1) is 6.20. The normalized spacial score (nSPS) is 10.4. The van der Waals surface area contributed by atoms with Gasteiger partial charge in [-0.2, -0.15) is 0 Å². The van der Waals surface area contributed by atoms with E-state index in [1.807, 2.05) is 6.07 Å². The van der Waals surface area contributed by atoms with Crippen molar-refractivity contribution in [2.75, 3.05) is 6.61 Å². The Morgan fingerprint density at radius 2 is 2.00 bits per heavy atom. The standard InChI is InChI=1S/C11H15O2/c1-9(2)7-8-13-11-6-4-3-5-10(11)12/h3-6,9H,7-8H2,1-2H3. The van der Waals surface area contributed by atoms with Crippen molar-refractivity contribution in [1.82, 2.24) is 0 Å². The predicted octanol–water partition coefficient (Wildman–Crippen LogP) is 3.26. The minimum absolute atomic E-state index is 0.0359. The van der Waals surface area contributed by atoms with Crippen molar-refractivity contribution in [3.8, 4) is 11.5 Å². The summed E-state index contributed by atoms with van der Waals surface area (Å²) in [6.07, 6.45) is 0.980. The van der Waals surface area contributed by atoms with E-state index in [9.17, 15) is 5.11 Å². The minimum Gasteiger partial charge on any atom is -0.489 e. The van der Waals surface area contributed by atoms with Crippen LogP contribution in [0.15, 0.2) is 24.3 Å². The molecule has 0 bridgehead atoms. The molecule has 13 heavy (non-hydrogen) atoms. The molecule has 1 aromatic carbocycles. The first-order valence-electron chi connectivity index (χ1n) is 4.59. The maximum atomic E-state index is 11.2. The number of hydrogen-bond acceptors (Lipinski definition) is 1. The summed E-state index contributed by atoms with van der Waals surface area (Å²) in [5.41, 5.74) is 0. The summed E-state index contributed by atoms with van der Waals surface area (Å²) in [7, 11) is 0. The van der Waals surface area contributed by atoms with E-state index in [-0.39, 0.29) is 5.75 Å². The molecule has 0 aliphatic heterocycles. The molecular weight excluding hydrogens is 164 g/mol. The fourth-order valence-electron chi connectivity index (χ4n) is 0.974. The van der Waals surface area contributed by atoms with Gasteiger partial charge in [0.2, 0.25) is 5.75 Å². The largest absolute Gasteiger partial charge is 0.489 e. The van der Waals surface area contributed by atoms with Gasteiger partial charge in [-0.05, 0) is 24.5 Å². The number of hydrogen-bond donors (Lipinski definition) is 0. The van der Waals surface area contributed by atoms with Crippen molar-refractivity contribution < 1.29 is 9.84 Å². The second kappa shape index (κ2) is 4.75. The van der Waals surface area contributed by atoms with Crippen molar-refractivity contribution in [1.29, 1.82) is 0 Å². The van der Waals surface area contributed by atoms with E-state index in [0.717, 1.165) is 6.42 Å². The zero-order chi connectivity index (χ0) is 9.68. The van der Waals surface area contributed by atoms with Crippen molar-refractivity contribution >= 4 is 0 Å². The van der Waals surface area contributed by atoms with Gasteiger partial charge < -0.3 is 4.74 Å². The fourth-order valence-corrected chi connectivity index (χ4v) is 0.974. The summed E-state index contributed by atoms with van der Waals surface area (Å²) in [6, 6.07) is 6.76. The average Bonchev–Trinajstić information content (AvgIpc) is 2.08. The van der Waals surface area contributed by atoms with E-state index < -0.39 is 0 Å². The Bertz CT molecular complexity index is 256. The monoisotopic (exact) mass is 179 g/mol. The van der Waals surface area contributed by atoms with E-state index in [0.29, 0.717) is 18.3 Å². The lowest BCUT2D eigenvalue weighted by Crippen LogP contribution is -2.01.